The summed E-state index contributed by atoms with van der Waals surface area (Å²) in [6.07, 6.45) is 1.90. The summed E-state index contributed by atoms with van der Waals surface area (Å²) >= 11 is 2.70. The van der Waals surface area contributed by atoms with Gasteiger partial charge in [0.05, 0.1) is 5.69 Å². The van der Waals surface area contributed by atoms with Crippen LogP contribution in [0.2, 0.25) is 0 Å². The van der Waals surface area contributed by atoms with Crippen molar-refractivity contribution in [2.75, 3.05) is 24.1 Å². The van der Waals surface area contributed by atoms with Gasteiger partial charge in [0.25, 0.3) is 5.91 Å². The van der Waals surface area contributed by atoms with E-state index in [2.05, 4.69) is 40.6 Å². The van der Waals surface area contributed by atoms with Crippen LogP contribution in [0.15, 0.2) is 47.8 Å². The number of piperidine rings is 1. The van der Waals surface area contributed by atoms with Gasteiger partial charge in [-0.1, -0.05) is 36.4 Å². The van der Waals surface area contributed by atoms with Crippen molar-refractivity contribution in [3.63, 3.8) is 0 Å². The number of pyridine rings is 1. The van der Waals surface area contributed by atoms with Gasteiger partial charge in [0.15, 0.2) is 0 Å². The Morgan fingerprint density at radius 2 is 1.97 bits per heavy atom. The lowest BCUT2D eigenvalue weighted by Gasteiger charge is -2.32. The minimum Gasteiger partial charge on any atom is -0.397 e. The second-order valence-corrected chi connectivity index (χ2v) is 10.3. The summed E-state index contributed by atoms with van der Waals surface area (Å²) in [5.41, 5.74) is 14.6. The highest BCUT2D eigenvalue weighted by molar-refractivity contribution is 7.21. The lowest BCUT2D eigenvalue weighted by Crippen LogP contribution is -2.38. The van der Waals surface area contributed by atoms with Crippen LogP contribution in [0.4, 0.5) is 11.5 Å². The molecule has 1 aliphatic heterocycles. The molecule has 0 atom stereocenters. The molecule has 9 heteroatoms. The van der Waals surface area contributed by atoms with Crippen molar-refractivity contribution in [1.29, 1.82) is 5.26 Å². The number of carbonyl (C=O) groups excluding carboxylic acids is 1. The number of rotatable bonds is 6. The van der Waals surface area contributed by atoms with Crippen molar-refractivity contribution < 1.29 is 4.79 Å². The van der Waals surface area contributed by atoms with Crippen LogP contribution < -0.4 is 16.8 Å². The van der Waals surface area contributed by atoms with Gasteiger partial charge in [0.2, 0.25) is 0 Å². The number of amides is 1. The predicted octanol–water partition coefficient (Wildman–Crippen LogP) is 4.65. The molecular weight excluding hydrogens is 464 g/mol. The van der Waals surface area contributed by atoms with E-state index in [9.17, 15) is 10.1 Å². The number of benzene rings is 1. The smallest absolute Gasteiger partial charge is 0.260 e. The molecule has 0 aliphatic carbocycles. The highest BCUT2D eigenvalue weighted by Gasteiger charge is 2.26. The number of hydrogen-bond acceptors (Lipinski definition) is 8. The number of thiophene rings is 2. The number of anilines is 2. The molecule has 5 rings (SSSR count). The molecule has 0 radical (unpaired) electrons. The average molecular weight is 489 g/mol. The fourth-order valence-electron chi connectivity index (χ4n) is 4.49. The first-order valence-electron chi connectivity index (χ1n) is 11.1. The Kier molecular flexibility index (Phi) is 6.20. The Morgan fingerprint density at radius 3 is 2.62 bits per heavy atom. The summed E-state index contributed by atoms with van der Waals surface area (Å²) < 4.78 is 0. The van der Waals surface area contributed by atoms with Crippen LogP contribution in [0, 0.1) is 11.3 Å². The number of primary amides is 1. The summed E-state index contributed by atoms with van der Waals surface area (Å²) in [5, 5.41) is 16.2. The number of carbonyl (C=O) groups is 1. The van der Waals surface area contributed by atoms with Crippen LogP contribution in [0.5, 0.6) is 0 Å². The van der Waals surface area contributed by atoms with Crippen LogP contribution in [0.3, 0.4) is 0 Å². The Hall–Kier alpha value is -3.45. The van der Waals surface area contributed by atoms with Gasteiger partial charge in [0, 0.05) is 41.5 Å². The largest absolute Gasteiger partial charge is 0.397 e. The fourth-order valence-corrected chi connectivity index (χ4v) is 6.23. The number of aromatic nitrogens is 1. The van der Waals surface area contributed by atoms with Gasteiger partial charge in [0.1, 0.15) is 27.2 Å². The standard InChI is InChI=1S/C25H24N6OS2/c26-13-17-19(18-7-4-12-33-18)20-21(27)22(23(28)32)34-25(20)30-24(17)29-16-8-10-31(11-9-16)14-15-5-2-1-3-6-15/h1-7,12,16H,8-11,14,27H2,(H2,28,32)(H,29,30). The summed E-state index contributed by atoms with van der Waals surface area (Å²) in [5.74, 6) is -0.0476. The normalized spacial score (nSPS) is 14.8. The van der Waals surface area contributed by atoms with Crippen LogP contribution in [-0.2, 0) is 6.54 Å². The maximum absolute atomic E-state index is 11.9. The van der Waals surface area contributed by atoms with Crippen LogP contribution >= 0.6 is 22.7 Å². The Morgan fingerprint density at radius 1 is 1.21 bits per heavy atom. The third-order valence-corrected chi connectivity index (χ3v) is 8.16. The Balaban J connectivity index is 1.45. The number of likely N-dealkylation sites (tertiary alicyclic amines) is 1. The minimum atomic E-state index is -0.587. The van der Waals surface area contributed by atoms with Crippen molar-refractivity contribution in [3.05, 3.63) is 63.8 Å². The lowest BCUT2D eigenvalue weighted by molar-refractivity contribution is 0.100. The molecular formula is C25H24N6OS2. The van der Waals surface area contributed by atoms with Gasteiger partial charge < -0.3 is 16.8 Å². The van der Waals surface area contributed by atoms with Crippen molar-refractivity contribution in [2.24, 2.45) is 5.73 Å². The highest BCUT2D eigenvalue weighted by atomic mass is 32.1. The summed E-state index contributed by atoms with van der Waals surface area (Å²) in [6.45, 7) is 2.87. The number of nitrogens with zero attached hydrogens (tertiary/aromatic N) is 3. The van der Waals surface area contributed by atoms with E-state index in [1.54, 1.807) is 0 Å². The molecule has 0 unspecified atom stereocenters. The van der Waals surface area contributed by atoms with Gasteiger partial charge in [-0.3, -0.25) is 9.69 Å². The second kappa shape index (κ2) is 9.43. The fraction of sp³-hybridized carbons (Fsp3) is 0.240. The second-order valence-electron chi connectivity index (χ2n) is 8.37. The van der Waals surface area contributed by atoms with Crippen molar-refractivity contribution in [2.45, 2.75) is 25.4 Å². The number of nitrogens with one attached hydrogen (secondary N) is 1. The first-order chi connectivity index (χ1) is 16.5. The zero-order valence-electron chi connectivity index (χ0n) is 18.5. The molecule has 5 N–H and O–H groups in total. The van der Waals surface area contributed by atoms with Crippen molar-refractivity contribution in [1.82, 2.24) is 9.88 Å². The first-order valence-corrected chi connectivity index (χ1v) is 12.8. The molecule has 4 aromatic rings. The summed E-state index contributed by atoms with van der Waals surface area (Å²) in [6, 6.07) is 16.9. The van der Waals surface area contributed by atoms with Gasteiger partial charge in [-0.05, 0) is 29.9 Å². The SMILES string of the molecule is N#Cc1c(NC2CCN(Cc3ccccc3)CC2)nc2sc(C(N)=O)c(N)c2c1-c1cccs1. The maximum atomic E-state index is 11.9. The third kappa shape index (κ3) is 4.23. The number of nitrogen functional groups attached to an aromatic ring is 1. The van der Waals surface area contributed by atoms with Crippen molar-refractivity contribution in [3.8, 4) is 16.5 Å². The summed E-state index contributed by atoms with van der Waals surface area (Å²) in [4.78, 5) is 20.9. The Labute approximate surface area is 205 Å². The molecule has 1 amide bonds. The number of nitriles is 1. The van der Waals surface area contributed by atoms with Gasteiger partial charge in [-0.2, -0.15) is 5.26 Å². The predicted molar refractivity (Wildman–Crippen MR) is 139 cm³/mol. The highest BCUT2D eigenvalue weighted by Crippen LogP contribution is 2.44. The number of fused-ring (bicyclic) bond motifs is 1. The topological polar surface area (TPSA) is 121 Å². The average Bonchev–Trinajstić information content (AvgIpc) is 3.49. The van der Waals surface area contributed by atoms with Crippen LogP contribution in [0.1, 0.15) is 33.6 Å². The Bertz CT molecular complexity index is 1370. The van der Waals surface area contributed by atoms with E-state index in [4.69, 9.17) is 16.5 Å². The zero-order valence-corrected chi connectivity index (χ0v) is 20.1. The maximum Gasteiger partial charge on any atom is 0.260 e. The van der Waals surface area contributed by atoms with Gasteiger partial charge in [-0.25, -0.2) is 4.98 Å². The number of nitrogens with two attached hydrogens (primary N) is 2. The molecule has 34 heavy (non-hydrogen) atoms. The van der Waals surface area contributed by atoms with Gasteiger partial charge >= 0.3 is 0 Å². The van der Waals surface area contributed by atoms with E-state index >= 15 is 0 Å². The summed E-state index contributed by atoms with van der Waals surface area (Å²) in [7, 11) is 0. The molecule has 1 aliphatic rings. The quantitative estimate of drug-likeness (QED) is 0.363. The monoisotopic (exact) mass is 488 g/mol. The van der Waals surface area contributed by atoms with E-state index in [1.807, 2.05) is 23.6 Å². The van der Waals surface area contributed by atoms with E-state index in [0.717, 1.165) is 37.4 Å². The zero-order chi connectivity index (χ0) is 23.7. The van der Waals surface area contributed by atoms with Crippen LogP contribution in [0.25, 0.3) is 20.7 Å². The van der Waals surface area contributed by atoms with E-state index in [1.165, 1.54) is 28.2 Å². The molecule has 0 spiro atoms. The molecule has 172 valence electrons. The van der Waals surface area contributed by atoms with E-state index < -0.39 is 5.91 Å². The first kappa shape index (κ1) is 22.3. The molecule has 7 nitrogen and oxygen atoms in total. The van der Waals surface area contributed by atoms with Crippen LogP contribution in [-0.4, -0.2) is 34.9 Å². The number of hydrogen-bond donors (Lipinski definition) is 3. The third-order valence-electron chi connectivity index (χ3n) is 6.16. The molecule has 0 bridgehead atoms. The van der Waals surface area contributed by atoms with E-state index in [-0.39, 0.29) is 10.9 Å². The molecule has 1 aromatic carbocycles. The minimum absolute atomic E-state index is 0.202. The molecule has 4 heterocycles. The van der Waals surface area contributed by atoms with Gasteiger partial charge in [-0.15, -0.1) is 22.7 Å². The molecule has 3 aromatic heterocycles. The van der Waals surface area contributed by atoms with Crippen molar-refractivity contribution >= 4 is 50.3 Å². The molecule has 1 fully saturated rings. The van der Waals surface area contributed by atoms with E-state index in [0.29, 0.717) is 32.8 Å². The molecule has 1 saturated heterocycles. The molecule has 0 saturated carbocycles. The lowest BCUT2D eigenvalue weighted by atomic mass is 10.0.